The number of benzene rings is 1. The number of nitrogens with zero attached hydrogens (tertiary/aromatic N) is 2. The lowest BCUT2D eigenvalue weighted by Crippen LogP contribution is -2.58. The average molecular weight is 445 g/mol. The molecule has 0 bridgehead atoms. The first-order valence-electron chi connectivity index (χ1n) is 11.8. The Morgan fingerprint density at radius 3 is 2.22 bits per heavy atom. The number of alkyl carbamates (subject to hydrolysis) is 1. The van der Waals surface area contributed by atoms with Gasteiger partial charge in [0.15, 0.2) is 0 Å². The van der Waals surface area contributed by atoms with Gasteiger partial charge in [0.05, 0.1) is 0 Å². The Bertz CT molecular complexity index is 757. The van der Waals surface area contributed by atoms with E-state index in [4.69, 9.17) is 4.74 Å². The standard InChI is InChI=1S/C24H36N4O4/c1-18(2)21(26-24(31)32-17-19-9-5-3-6-10-19)22(29)27-13-15-28(16-14-27)23(30)25-20-11-7-4-8-12-20/h3,5-6,9-10,18,20-21H,4,7-8,11-17H2,1-2H3,(H,25,30)(H,26,31)/t21-/m0/s1. The molecule has 32 heavy (non-hydrogen) atoms. The Balaban J connectivity index is 1.45. The molecule has 8 heteroatoms. The van der Waals surface area contributed by atoms with Gasteiger partial charge in [-0.2, -0.15) is 0 Å². The summed E-state index contributed by atoms with van der Waals surface area (Å²) >= 11 is 0. The second-order valence-electron chi connectivity index (χ2n) is 9.02. The van der Waals surface area contributed by atoms with Crippen LogP contribution >= 0.6 is 0 Å². The van der Waals surface area contributed by atoms with Gasteiger partial charge in [-0.1, -0.05) is 63.4 Å². The SMILES string of the molecule is CC(C)[C@H](NC(=O)OCc1ccccc1)C(=O)N1CCN(C(=O)NC2CCCCC2)CC1. The molecule has 1 aliphatic heterocycles. The van der Waals surface area contributed by atoms with Gasteiger partial charge >= 0.3 is 12.1 Å². The van der Waals surface area contributed by atoms with Crippen LogP contribution in [-0.4, -0.2) is 66.1 Å². The van der Waals surface area contributed by atoms with E-state index in [-0.39, 0.29) is 30.5 Å². The van der Waals surface area contributed by atoms with Crippen molar-refractivity contribution in [3.8, 4) is 0 Å². The number of hydrogen-bond donors (Lipinski definition) is 2. The van der Waals surface area contributed by atoms with Gasteiger partial charge in [-0.25, -0.2) is 9.59 Å². The summed E-state index contributed by atoms with van der Waals surface area (Å²) < 4.78 is 5.28. The van der Waals surface area contributed by atoms with Crippen molar-refractivity contribution in [2.45, 2.75) is 64.6 Å². The summed E-state index contributed by atoms with van der Waals surface area (Å²) in [4.78, 5) is 41.4. The maximum absolute atomic E-state index is 13.1. The van der Waals surface area contributed by atoms with Crippen LogP contribution in [0.4, 0.5) is 9.59 Å². The van der Waals surface area contributed by atoms with Gasteiger partial charge < -0.3 is 25.2 Å². The summed E-state index contributed by atoms with van der Waals surface area (Å²) in [6, 6.07) is 8.99. The van der Waals surface area contributed by atoms with E-state index in [1.54, 1.807) is 9.80 Å². The summed E-state index contributed by atoms with van der Waals surface area (Å²) in [6.07, 6.45) is 5.08. The molecule has 4 amide bonds. The molecular formula is C24H36N4O4. The second-order valence-corrected chi connectivity index (χ2v) is 9.02. The van der Waals surface area contributed by atoms with Crippen molar-refractivity contribution in [1.29, 1.82) is 0 Å². The molecule has 1 atom stereocenters. The predicted octanol–water partition coefficient (Wildman–Crippen LogP) is 3.12. The van der Waals surface area contributed by atoms with Crippen molar-refractivity contribution in [3.05, 3.63) is 35.9 Å². The Morgan fingerprint density at radius 2 is 1.59 bits per heavy atom. The highest BCUT2D eigenvalue weighted by atomic mass is 16.5. The second kappa shape index (κ2) is 11.7. The minimum absolute atomic E-state index is 0.0352. The van der Waals surface area contributed by atoms with Gasteiger partial charge in [0.1, 0.15) is 12.6 Å². The number of rotatable bonds is 6. The topological polar surface area (TPSA) is 91.0 Å². The van der Waals surface area contributed by atoms with Crippen LogP contribution in [-0.2, 0) is 16.1 Å². The van der Waals surface area contributed by atoms with E-state index in [9.17, 15) is 14.4 Å². The molecule has 2 fully saturated rings. The maximum Gasteiger partial charge on any atom is 0.408 e. The van der Waals surface area contributed by atoms with Crippen LogP contribution in [0.1, 0.15) is 51.5 Å². The average Bonchev–Trinajstić information content (AvgIpc) is 2.82. The molecule has 0 unspecified atom stereocenters. The summed E-state index contributed by atoms with van der Waals surface area (Å²) in [5.74, 6) is -0.219. The number of amides is 4. The third-order valence-electron chi connectivity index (χ3n) is 6.23. The van der Waals surface area contributed by atoms with Crippen molar-refractivity contribution >= 4 is 18.0 Å². The number of ether oxygens (including phenoxy) is 1. The third kappa shape index (κ3) is 6.87. The monoisotopic (exact) mass is 444 g/mol. The highest BCUT2D eigenvalue weighted by molar-refractivity contribution is 5.86. The highest BCUT2D eigenvalue weighted by Crippen LogP contribution is 2.18. The third-order valence-corrected chi connectivity index (χ3v) is 6.23. The molecule has 8 nitrogen and oxygen atoms in total. The molecule has 176 valence electrons. The molecule has 1 aromatic rings. The Morgan fingerprint density at radius 1 is 0.969 bits per heavy atom. The van der Waals surface area contributed by atoms with Gasteiger partial charge in [0.2, 0.25) is 5.91 Å². The lowest BCUT2D eigenvalue weighted by atomic mass is 9.96. The summed E-state index contributed by atoms with van der Waals surface area (Å²) in [5, 5.41) is 5.86. The van der Waals surface area contributed by atoms with Gasteiger partial charge in [-0.3, -0.25) is 4.79 Å². The minimum atomic E-state index is -0.666. The van der Waals surface area contributed by atoms with Crippen molar-refractivity contribution < 1.29 is 19.1 Å². The van der Waals surface area contributed by atoms with E-state index in [1.807, 2.05) is 44.2 Å². The van der Waals surface area contributed by atoms with E-state index >= 15 is 0 Å². The van der Waals surface area contributed by atoms with E-state index in [0.29, 0.717) is 26.2 Å². The normalized spacial score (nSPS) is 18.2. The largest absolute Gasteiger partial charge is 0.445 e. The molecule has 2 aliphatic rings. The lowest BCUT2D eigenvalue weighted by Gasteiger charge is -2.38. The number of carbonyl (C=O) groups excluding carboxylic acids is 3. The fourth-order valence-corrected chi connectivity index (χ4v) is 4.24. The number of nitrogens with one attached hydrogen (secondary N) is 2. The smallest absolute Gasteiger partial charge is 0.408 e. The molecule has 0 aromatic heterocycles. The molecule has 1 aliphatic carbocycles. The van der Waals surface area contributed by atoms with Crippen LogP contribution in [0.5, 0.6) is 0 Å². The van der Waals surface area contributed by atoms with Gasteiger partial charge in [-0.05, 0) is 24.3 Å². The molecule has 3 rings (SSSR count). The van der Waals surface area contributed by atoms with Crippen molar-refractivity contribution in [3.63, 3.8) is 0 Å². The Labute approximate surface area is 190 Å². The Hall–Kier alpha value is -2.77. The highest BCUT2D eigenvalue weighted by Gasteiger charge is 2.32. The zero-order chi connectivity index (χ0) is 22.9. The molecular weight excluding hydrogens is 408 g/mol. The first-order valence-corrected chi connectivity index (χ1v) is 11.8. The number of carbonyl (C=O) groups is 3. The maximum atomic E-state index is 13.1. The first-order chi connectivity index (χ1) is 15.4. The van der Waals surface area contributed by atoms with E-state index in [1.165, 1.54) is 19.3 Å². The first kappa shape index (κ1) is 23.9. The van der Waals surface area contributed by atoms with Crippen molar-refractivity contribution in [1.82, 2.24) is 20.4 Å². The predicted molar refractivity (Wildman–Crippen MR) is 122 cm³/mol. The summed E-state index contributed by atoms with van der Waals surface area (Å²) in [7, 11) is 0. The quantitative estimate of drug-likeness (QED) is 0.705. The molecule has 2 N–H and O–H groups in total. The number of urea groups is 1. The summed E-state index contributed by atoms with van der Waals surface area (Å²) in [5.41, 5.74) is 0.887. The van der Waals surface area contributed by atoms with E-state index in [2.05, 4.69) is 10.6 Å². The number of piperazine rings is 1. The molecule has 1 saturated carbocycles. The van der Waals surface area contributed by atoms with Crippen molar-refractivity contribution in [2.24, 2.45) is 5.92 Å². The van der Waals surface area contributed by atoms with Crippen LogP contribution in [0, 0.1) is 5.92 Å². The van der Waals surface area contributed by atoms with Gasteiger partial charge in [-0.15, -0.1) is 0 Å². The van der Waals surface area contributed by atoms with Crippen molar-refractivity contribution in [2.75, 3.05) is 26.2 Å². The molecule has 1 heterocycles. The molecule has 1 aromatic carbocycles. The van der Waals surface area contributed by atoms with Crippen LogP contribution in [0.2, 0.25) is 0 Å². The van der Waals surface area contributed by atoms with E-state index < -0.39 is 12.1 Å². The minimum Gasteiger partial charge on any atom is -0.445 e. The number of hydrogen-bond acceptors (Lipinski definition) is 4. The van der Waals surface area contributed by atoms with Gasteiger partial charge in [0.25, 0.3) is 0 Å². The fraction of sp³-hybridized carbons (Fsp3) is 0.625. The van der Waals surface area contributed by atoms with E-state index in [0.717, 1.165) is 18.4 Å². The van der Waals surface area contributed by atoms with Crippen LogP contribution in [0.3, 0.4) is 0 Å². The van der Waals surface area contributed by atoms with Crippen LogP contribution < -0.4 is 10.6 Å². The lowest BCUT2D eigenvalue weighted by molar-refractivity contribution is -0.135. The molecule has 1 saturated heterocycles. The van der Waals surface area contributed by atoms with Crippen LogP contribution in [0.25, 0.3) is 0 Å². The Kier molecular flexibility index (Phi) is 8.76. The van der Waals surface area contributed by atoms with Gasteiger partial charge in [0, 0.05) is 32.2 Å². The molecule has 0 spiro atoms. The fourth-order valence-electron chi connectivity index (χ4n) is 4.24. The van der Waals surface area contributed by atoms with Crippen LogP contribution in [0.15, 0.2) is 30.3 Å². The summed E-state index contributed by atoms with van der Waals surface area (Å²) in [6.45, 7) is 5.85. The zero-order valence-electron chi connectivity index (χ0n) is 19.2. The molecule has 0 radical (unpaired) electrons. The zero-order valence-corrected chi connectivity index (χ0v) is 19.2.